The standard InChI is InChI=1S/C21H24F2N2O/c1-13(2)17-9-8-15(10-18(17)23)20(14-6-4-3-5-7-14)25-21(26)19-11-16(22)12-24-19/h3-10,13,16,19-20,24H,11-12H2,1-2H3,(H,25,26). The Labute approximate surface area is 152 Å². The molecular weight excluding hydrogens is 334 g/mol. The molecule has 3 atom stereocenters. The Balaban J connectivity index is 1.89. The molecule has 1 heterocycles. The van der Waals surface area contributed by atoms with Crippen molar-refractivity contribution in [2.24, 2.45) is 0 Å². The van der Waals surface area contributed by atoms with E-state index in [1.165, 1.54) is 6.07 Å². The number of nitrogens with one attached hydrogen (secondary N) is 2. The first-order valence-corrected chi connectivity index (χ1v) is 8.98. The predicted octanol–water partition coefficient (Wildman–Crippen LogP) is 3.85. The molecule has 1 aliphatic rings. The van der Waals surface area contributed by atoms with Crippen LogP contribution in [0.3, 0.4) is 0 Å². The van der Waals surface area contributed by atoms with Gasteiger partial charge in [0.2, 0.25) is 5.91 Å². The fraction of sp³-hybridized carbons (Fsp3) is 0.381. The van der Waals surface area contributed by atoms with Gasteiger partial charge in [0.15, 0.2) is 0 Å². The molecule has 5 heteroatoms. The second-order valence-corrected chi connectivity index (χ2v) is 7.08. The highest BCUT2D eigenvalue weighted by atomic mass is 19.1. The van der Waals surface area contributed by atoms with Gasteiger partial charge in [0.25, 0.3) is 0 Å². The van der Waals surface area contributed by atoms with Gasteiger partial charge in [-0.15, -0.1) is 0 Å². The monoisotopic (exact) mass is 358 g/mol. The van der Waals surface area contributed by atoms with Crippen molar-refractivity contribution in [1.29, 1.82) is 0 Å². The molecule has 1 fully saturated rings. The number of alkyl halides is 1. The van der Waals surface area contributed by atoms with E-state index in [-0.39, 0.29) is 30.6 Å². The van der Waals surface area contributed by atoms with E-state index in [2.05, 4.69) is 10.6 Å². The van der Waals surface area contributed by atoms with Crippen molar-refractivity contribution in [3.05, 3.63) is 71.0 Å². The summed E-state index contributed by atoms with van der Waals surface area (Å²) in [7, 11) is 0. The molecule has 1 amide bonds. The van der Waals surface area contributed by atoms with Crippen molar-refractivity contribution in [2.75, 3.05) is 6.54 Å². The minimum absolute atomic E-state index is 0.0815. The Morgan fingerprint density at radius 2 is 1.88 bits per heavy atom. The van der Waals surface area contributed by atoms with Crippen LogP contribution in [-0.2, 0) is 4.79 Å². The highest BCUT2D eigenvalue weighted by Crippen LogP contribution is 2.27. The zero-order valence-electron chi connectivity index (χ0n) is 15.0. The van der Waals surface area contributed by atoms with Crippen molar-refractivity contribution in [3.63, 3.8) is 0 Å². The summed E-state index contributed by atoms with van der Waals surface area (Å²) in [6.07, 6.45) is -0.850. The first-order valence-electron chi connectivity index (χ1n) is 8.98. The van der Waals surface area contributed by atoms with Gasteiger partial charge in [-0.3, -0.25) is 4.79 Å². The average molecular weight is 358 g/mol. The Morgan fingerprint density at radius 1 is 1.15 bits per heavy atom. The van der Waals surface area contributed by atoms with Crippen LogP contribution in [0.1, 0.15) is 48.9 Å². The third-order valence-corrected chi connectivity index (χ3v) is 4.79. The highest BCUT2D eigenvalue weighted by Gasteiger charge is 2.31. The Kier molecular flexibility index (Phi) is 5.67. The van der Waals surface area contributed by atoms with Crippen LogP contribution in [0.4, 0.5) is 8.78 Å². The molecule has 0 aliphatic carbocycles. The third-order valence-electron chi connectivity index (χ3n) is 4.79. The van der Waals surface area contributed by atoms with Crippen LogP contribution in [0.2, 0.25) is 0 Å². The lowest BCUT2D eigenvalue weighted by atomic mass is 9.94. The minimum Gasteiger partial charge on any atom is -0.344 e. The smallest absolute Gasteiger partial charge is 0.237 e. The van der Waals surface area contributed by atoms with Crippen LogP contribution in [0.25, 0.3) is 0 Å². The van der Waals surface area contributed by atoms with Crippen LogP contribution in [0.15, 0.2) is 48.5 Å². The molecule has 0 spiro atoms. The number of benzene rings is 2. The van der Waals surface area contributed by atoms with Crippen molar-refractivity contribution in [3.8, 4) is 0 Å². The van der Waals surface area contributed by atoms with E-state index in [0.717, 1.165) is 5.56 Å². The average Bonchev–Trinajstić information content (AvgIpc) is 3.06. The van der Waals surface area contributed by atoms with Gasteiger partial charge in [-0.1, -0.05) is 56.3 Å². The molecule has 3 unspecified atom stereocenters. The van der Waals surface area contributed by atoms with Crippen LogP contribution in [0, 0.1) is 5.82 Å². The van der Waals surface area contributed by atoms with E-state index in [1.807, 2.05) is 50.2 Å². The number of amides is 1. The minimum atomic E-state index is -1.01. The molecule has 1 saturated heterocycles. The Hall–Kier alpha value is -2.27. The summed E-state index contributed by atoms with van der Waals surface area (Å²) in [6, 6.07) is 13.5. The Bertz CT molecular complexity index is 764. The molecule has 0 saturated carbocycles. The van der Waals surface area contributed by atoms with Gasteiger partial charge in [0.1, 0.15) is 12.0 Å². The van der Waals surface area contributed by atoms with E-state index < -0.39 is 18.3 Å². The molecule has 0 radical (unpaired) electrons. The molecule has 2 N–H and O–H groups in total. The summed E-state index contributed by atoms with van der Waals surface area (Å²) in [5.74, 6) is -0.471. The second-order valence-electron chi connectivity index (χ2n) is 7.08. The first-order chi connectivity index (χ1) is 12.5. The fourth-order valence-electron chi connectivity index (χ4n) is 3.33. The van der Waals surface area contributed by atoms with E-state index in [9.17, 15) is 13.6 Å². The third kappa shape index (κ3) is 4.10. The van der Waals surface area contributed by atoms with Crippen LogP contribution < -0.4 is 10.6 Å². The zero-order valence-corrected chi connectivity index (χ0v) is 15.0. The number of halogens is 2. The van der Waals surface area contributed by atoms with Gasteiger partial charge < -0.3 is 10.6 Å². The van der Waals surface area contributed by atoms with Crippen molar-refractivity contribution in [1.82, 2.24) is 10.6 Å². The molecule has 2 aromatic rings. The lowest BCUT2D eigenvalue weighted by Gasteiger charge is -2.23. The summed E-state index contributed by atoms with van der Waals surface area (Å²) in [4.78, 5) is 12.6. The normalized spacial score (nSPS) is 21.0. The zero-order chi connectivity index (χ0) is 18.7. The summed E-state index contributed by atoms with van der Waals surface area (Å²) in [6.45, 7) is 4.06. The number of hydrogen-bond donors (Lipinski definition) is 2. The molecule has 3 rings (SSSR count). The van der Waals surface area contributed by atoms with E-state index >= 15 is 0 Å². The number of rotatable bonds is 5. The molecule has 138 valence electrons. The van der Waals surface area contributed by atoms with Gasteiger partial charge >= 0.3 is 0 Å². The van der Waals surface area contributed by atoms with Crippen LogP contribution in [-0.4, -0.2) is 24.7 Å². The Morgan fingerprint density at radius 3 is 2.46 bits per heavy atom. The molecule has 3 nitrogen and oxygen atoms in total. The SMILES string of the molecule is CC(C)c1ccc(C(NC(=O)C2CC(F)CN2)c2ccccc2)cc1F. The van der Waals surface area contributed by atoms with Crippen LogP contribution in [0.5, 0.6) is 0 Å². The fourth-order valence-corrected chi connectivity index (χ4v) is 3.33. The lowest BCUT2D eigenvalue weighted by molar-refractivity contribution is -0.123. The lowest BCUT2D eigenvalue weighted by Crippen LogP contribution is -2.42. The van der Waals surface area contributed by atoms with Crippen molar-refractivity contribution < 1.29 is 13.6 Å². The number of carbonyl (C=O) groups is 1. The molecule has 1 aliphatic heterocycles. The molecule has 0 bridgehead atoms. The molecule has 2 aromatic carbocycles. The molecule has 0 aromatic heterocycles. The maximum Gasteiger partial charge on any atom is 0.237 e. The number of carbonyl (C=O) groups excluding carboxylic acids is 1. The van der Waals surface area contributed by atoms with Crippen molar-refractivity contribution in [2.45, 2.75) is 44.4 Å². The summed E-state index contributed by atoms with van der Waals surface area (Å²) >= 11 is 0. The summed E-state index contributed by atoms with van der Waals surface area (Å²) in [5, 5.41) is 5.84. The van der Waals surface area contributed by atoms with Crippen molar-refractivity contribution >= 4 is 5.91 Å². The van der Waals surface area contributed by atoms with Gasteiger partial charge in [0, 0.05) is 13.0 Å². The quantitative estimate of drug-likeness (QED) is 0.852. The van der Waals surface area contributed by atoms with E-state index in [1.54, 1.807) is 6.07 Å². The number of hydrogen-bond acceptors (Lipinski definition) is 2. The van der Waals surface area contributed by atoms with E-state index in [4.69, 9.17) is 0 Å². The summed E-state index contributed by atoms with van der Waals surface area (Å²) in [5.41, 5.74) is 2.17. The second kappa shape index (κ2) is 7.96. The topological polar surface area (TPSA) is 41.1 Å². The molecular formula is C21H24F2N2O. The van der Waals surface area contributed by atoms with Gasteiger partial charge in [0.05, 0.1) is 12.1 Å². The molecule has 26 heavy (non-hydrogen) atoms. The summed E-state index contributed by atoms with van der Waals surface area (Å²) < 4.78 is 27.9. The predicted molar refractivity (Wildman–Crippen MR) is 98.2 cm³/mol. The first kappa shape index (κ1) is 18.5. The maximum absolute atomic E-state index is 14.5. The van der Waals surface area contributed by atoms with Crippen LogP contribution >= 0.6 is 0 Å². The van der Waals surface area contributed by atoms with Gasteiger partial charge in [-0.25, -0.2) is 8.78 Å². The van der Waals surface area contributed by atoms with Gasteiger partial charge in [-0.05, 0) is 28.7 Å². The largest absolute Gasteiger partial charge is 0.344 e. The van der Waals surface area contributed by atoms with Gasteiger partial charge in [-0.2, -0.15) is 0 Å². The van der Waals surface area contributed by atoms with E-state index in [0.29, 0.717) is 11.1 Å². The highest BCUT2D eigenvalue weighted by molar-refractivity contribution is 5.83. The maximum atomic E-state index is 14.5.